The van der Waals surface area contributed by atoms with Crippen LogP contribution in [0.4, 0.5) is 4.79 Å². The third-order valence-corrected chi connectivity index (χ3v) is 5.69. The minimum atomic E-state index is -1.25. The summed E-state index contributed by atoms with van der Waals surface area (Å²) in [6.45, 7) is 1.37. The summed E-state index contributed by atoms with van der Waals surface area (Å²) in [5.41, 5.74) is 6.95. The molecule has 0 fully saturated rings. The first-order chi connectivity index (χ1) is 16.5. The highest BCUT2D eigenvalue weighted by atomic mass is 16.7. The summed E-state index contributed by atoms with van der Waals surface area (Å²) in [4.78, 5) is 41.2. The molecule has 8 nitrogen and oxygen atoms in total. The summed E-state index contributed by atoms with van der Waals surface area (Å²) in [5.74, 6) is -2.09. The van der Waals surface area contributed by atoms with Crippen molar-refractivity contribution in [3.05, 3.63) is 95.6 Å². The predicted octanol–water partition coefficient (Wildman–Crippen LogP) is 3.79. The van der Waals surface area contributed by atoms with E-state index in [-0.39, 0.29) is 12.5 Å². The van der Waals surface area contributed by atoms with Crippen LogP contribution >= 0.6 is 0 Å². The number of alkyl carbamates (subject to hydrolysis) is 1. The minimum Gasteiger partial charge on any atom is -0.479 e. The fourth-order valence-corrected chi connectivity index (χ4v) is 3.96. The van der Waals surface area contributed by atoms with E-state index in [1.807, 2.05) is 48.5 Å². The molecule has 0 saturated carbocycles. The van der Waals surface area contributed by atoms with Gasteiger partial charge in [0.25, 0.3) is 5.91 Å². The van der Waals surface area contributed by atoms with Crippen molar-refractivity contribution < 1.29 is 29.1 Å². The molecule has 2 amide bonds. The molecule has 3 N–H and O–H groups in total. The Morgan fingerprint density at radius 1 is 0.882 bits per heavy atom. The van der Waals surface area contributed by atoms with Crippen LogP contribution in [0.25, 0.3) is 11.1 Å². The Morgan fingerprint density at radius 2 is 1.44 bits per heavy atom. The van der Waals surface area contributed by atoms with E-state index in [2.05, 4.69) is 10.8 Å². The zero-order valence-electron chi connectivity index (χ0n) is 18.4. The summed E-state index contributed by atoms with van der Waals surface area (Å²) in [6, 6.07) is 23.4. The van der Waals surface area contributed by atoms with Gasteiger partial charge in [0.1, 0.15) is 12.6 Å². The second-order valence-corrected chi connectivity index (χ2v) is 7.88. The van der Waals surface area contributed by atoms with Gasteiger partial charge in [-0.3, -0.25) is 9.63 Å². The smallest absolute Gasteiger partial charge is 0.408 e. The molecule has 4 rings (SSSR count). The fourth-order valence-electron chi connectivity index (χ4n) is 3.96. The highest BCUT2D eigenvalue weighted by molar-refractivity contribution is 5.86. The number of amides is 2. The monoisotopic (exact) mass is 460 g/mol. The van der Waals surface area contributed by atoms with Gasteiger partial charge in [0.15, 0.2) is 6.10 Å². The first kappa shape index (κ1) is 23.0. The molecule has 34 heavy (non-hydrogen) atoms. The van der Waals surface area contributed by atoms with E-state index in [1.54, 1.807) is 30.3 Å². The van der Waals surface area contributed by atoms with Gasteiger partial charge in [-0.2, -0.15) is 0 Å². The largest absolute Gasteiger partial charge is 0.479 e. The number of carboxylic acid groups (broad SMARTS) is 1. The van der Waals surface area contributed by atoms with Gasteiger partial charge in [0.05, 0.1) is 0 Å². The maximum absolute atomic E-state index is 12.7. The van der Waals surface area contributed by atoms with Gasteiger partial charge in [-0.15, -0.1) is 0 Å². The van der Waals surface area contributed by atoms with Crippen molar-refractivity contribution in [1.82, 2.24) is 10.8 Å². The van der Waals surface area contributed by atoms with Gasteiger partial charge in [-0.25, -0.2) is 15.1 Å². The van der Waals surface area contributed by atoms with E-state index in [9.17, 15) is 14.4 Å². The molecule has 0 bridgehead atoms. The second kappa shape index (κ2) is 10.2. The Hall–Kier alpha value is -4.17. The minimum absolute atomic E-state index is 0.0928. The lowest BCUT2D eigenvalue weighted by atomic mass is 9.98. The number of benzene rings is 3. The molecule has 3 aromatic rings. The molecule has 0 radical (unpaired) electrons. The number of aliphatic carboxylic acids is 1. The van der Waals surface area contributed by atoms with Crippen molar-refractivity contribution in [2.45, 2.75) is 25.0 Å². The lowest BCUT2D eigenvalue weighted by Gasteiger charge is -2.20. The molecule has 0 aromatic heterocycles. The molecule has 1 aliphatic rings. The van der Waals surface area contributed by atoms with Gasteiger partial charge in [-0.05, 0) is 34.7 Å². The Balaban J connectivity index is 1.45. The molecule has 0 saturated heterocycles. The van der Waals surface area contributed by atoms with Gasteiger partial charge in [0, 0.05) is 5.92 Å². The zero-order valence-corrected chi connectivity index (χ0v) is 18.4. The van der Waals surface area contributed by atoms with Crippen LogP contribution in [0.15, 0.2) is 78.9 Å². The van der Waals surface area contributed by atoms with E-state index < -0.39 is 30.1 Å². The highest BCUT2D eigenvalue weighted by Crippen LogP contribution is 2.44. The number of hydrogen-bond donors (Lipinski definition) is 3. The summed E-state index contributed by atoms with van der Waals surface area (Å²) >= 11 is 0. The molecular formula is C26H24N2O6. The maximum atomic E-state index is 12.7. The number of carbonyl (C=O) groups is 3. The van der Waals surface area contributed by atoms with Crippen molar-refractivity contribution in [2.75, 3.05) is 6.61 Å². The number of hydroxylamine groups is 1. The van der Waals surface area contributed by atoms with Gasteiger partial charge < -0.3 is 15.2 Å². The van der Waals surface area contributed by atoms with Crippen molar-refractivity contribution in [2.24, 2.45) is 0 Å². The fraction of sp³-hybridized carbons (Fsp3) is 0.192. The van der Waals surface area contributed by atoms with Crippen LogP contribution in [0.1, 0.15) is 35.6 Å². The van der Waals surface area contributed by atoms with Crippen LogP contribution in [0.3, 0.4) is 0 Å². The number of fused-ring (bicyclic) bond motifs is 3. The lowest BCUT2D eigenvalue weighted by Crippen LogP contribution is -2.42. The standard InChI is InChI=1S/C26H24N2O6/c1-16(25(30)31)34-28-24(29)23(17-9-3-2-4-10-17)27-26(32)33-15-22-20-13-7-5-11-18(20)19-12-6-8-14-21(19)22/h2-14,16,22-23H,15H2,1H3,(H,27,32)(H,28,29)(H,30,31)/t16?,23-/m1/s1. The SMILES string of the molecule is CC(ONC(=O)[C@H](NC(=O)OCC1c2ccccc2-c2ccccc21)c1ccccc1)C(=O)O. The number of rotatable bonds is 8. The zero-order chi connectivity index (χ0) is 24.1. The Kier molecular flexibility index (Phi) is 6.89. The number of carbonyl (C=O) groups excluding carboxylic acids is 2. The van der Waals surface area contributed by atoms with Crippen LogP contribution in [0.2, 0.25) is 0 Å². The molecule has 1 aliphatic carbocycles. The molecule has 1 unspecified atom stereocenters. The van der Waals surface area contributed by atoms with Crippen molar-refractivity contribution in [3.8, 4) is 11.1 Å². The molecule has 8 heteroatoms. The van der Waals surface area contributed by atoms with Crippen molar-refractivity contribution in [1.29, 1.82) is 0 Å². The third-order valence-electron chi connectivity index (χ3n) is 5.69. The number of hydrogen-bond acceptors (Lipinski definition) is 5. The summed E-state index contributed by atoms with van der Waals surface area (Å²) in [6.07, 6.45) is -2.04. The molecular weight excluding hydrogens is 436 g/mol. The van der Waals surface area contributed by atoms with Crippen LogP contribution in [0, 0.1) is 0 Å². The quantitative estimate of drug-likeness (QED) is 0.441. The topological polar surface area (TPSA) is 114 Å². The molecule has 2 atom stereocenters. The second-order valence-electron chi connectivity index (χ2n) is 7.88. The molecule has 0 spiro atoms. The molecule has 0 heterocycles. The Morgan fingerprint density at radius 3 is 2.03 bits per heavy atom. The predicted molar refractivity (Wildman–Crippen MR) is 124 cm³/mol. The Labute approximate surface area is 196 Å². The number of carboxylic acids is 1. The van der Waals surface area contributed by atoms with E-state index in [0.717, 1.165) is 22.3 Å². The van der Waals surface area contributed by atoms with E-state index in [4.69, 9.17) is 14.7 Å². The normalized spacial score (nSPS) is 13.8. The van der Waals surface area contributed by atoms with Crippen LogP contribution in [-0.4, -0.2) is 35.8 Å². The first-order valence-corrected chi connectivity index (χ1v) is 10.8. The summed E-state index contributed by atoms with van der Waals surface area (Å²) < 4.78 is 5.54. The third kappa shape index (κ3) is 4.92. The van der Waals surface area contributed by atoms with Gasteiger partial charge in [-0.1, -0.05) is 78.9 Å². The lowest BCUT2D eigenvalue weighted by molar-refractivity contribution is -0.159. The maximum Gasteiger partial charge on any atom is 0.408 e. The number of nitrogens with one attached hydrogen (secondary N) is 2. The van der Waals surface area contributed by atoms with E-state index in [1.165, 1.54) is 6.92 Å². The van der Waals surface area contributed by atoms with E-state index >= 15 is 0 Å². The average Bonchev–Trinajstić information content (AvgIpc) is 3.18. The van der Waals surface area contributed by atoms with Crippen LogP contribution < -0.4 is 10.8 Å². The van der Waals surface area contributed by atoms with Crippen LogP contribution in [0.5, 0.6) is 0 Å². The summed E-state index contributed by atoms with van der Waals surface area (Å²) in [7, 11) is 0. The van der Waals surface area contributed by atoms with Crippen molar-refractivity contribution in [3.63, 3.8) is 0 Å². The average molecular weight is 460 g/mol. The molecule has 174 valence electrons. The van der Waals surface area contributed by atoms with Crippen molar-refractivity contribution >= 4 is 18.0 Å². The Bertz CT molecular complexity index is 1150. The molecule has 3 aromatic carbocycles. The van der Waals surface area contributed by atoms with Gasteiger partial charge in [0.2, 0.25) is 0 Å². The molecule has 0 aliphatic heterocycles. The first-order valence-electron chi connectivity index (χ1n) is 10.8. The number of ether oxygens (including phenoxy) is 1. The van der Waals surface area contributed by atoms with Gasteiger partial charge >= 0.3 is 12.1 Å². The highest BCUT2D eigenvalue weighted by Gasteiger charge is 2.30. The van der Waals surface area contributed by atoms with Crippen LogP contribution in [-0.2, 0) is 19.2 Å². The summed E-state index contributed by atoms with van der Waals surface area (Å²) in [5, 5.41) is 11.5. The van der Waals surface area contributed by atoms with E-state index in [0.29, 0.717) is 5.56 Å².